The molecule has 3 N–H and O–H groups in total. The lowest BCUT2D eigenvalue weighted by molar-refractivity contribution is -0.137. The Labute approximate surface area is 164 Å². The van der Waals surface area contributed by atoms with Gasteiger partial charge in [0.25, 0.3) is 0 Å². The van der Waals surface area contributed by atoms with Gasteiger partial charge in [-0.3, -0.25) is 14.4 Å². The van der Waals surface area contributed by atoms with Gasteiger partial charge in [-0.05, 0) is 24.0 Å². The van der Waals surface area contributed by atoms with Crippen LogP contribution in [-0.4, -0.2) is 36.3 Å². The fraction of sp³-hybridized carbons (Fsp3) is 0.318. The van der Waals surface area contributed by atoms with Gasteiger partial charge in [-0.15, -0.1) is 0 Å². The number of rotatable bonds is 8. The summed E-state index contributed by atoms with van der Waals surface area (Å²) in [6, 6.07) is 18.2. The summed E-state index contributed by atoms with van der Waals surface area (Å²) in [7, 11) is 0. The van der Waals surface area contributed by atoms with Crippen LogP contribution in [0, 0.1) is 0 Å². The van der Waals surface area contributed by atoms with E-state index >= 15 is 0 Å². The van der Waals surface area contributed by atoms with Crippen LogP contribution in [0.25, 0.3) is 0 Å². The topological polar surface area (TPSA) is 87.3 Å². The average Bonchev–Trinajstić information content (AvgIpc) is 2.71. The van der Waals surface area contributed by atoms with Gasteiger partial charge in [-0.25, -0.2) is 0 Å². The molecule has 0 bridgehead atoms. The second kappa shape index (κ2) is 9.69. The first-order valence-electron chi connectivity index (χ1n) is 9.57. The molecule has 1 aliphatic rings. The zero-order chi connectivity index (χ0) is 19.8. The molecule has 3 rings (SSSR count). The molecule has 0 unspecified atom stereocenters. The third-order valence-corrected chi connectivity index (χ3v) is 4.79. The van der Waals surface area contributed by atoms with Gasteiger partial charge in [-0.1, -0.05) is 60.7 Å². The molecular formula is C22H25N3O3. The van der Waals surface area contributed by atoms with E-state index in [1.807, 2.05) is 60.7 Å². The van der Waals surface area contributed by atoms with Crippen molar-refractivity contribution < 1.29 is 14.4 Å². The standard InChI is InChI=1S/C22H25N3O3/c26-20(23-14-13-16-7-3-1-4-8-16)12-11-18-21(27)25-19(22(28)24-18)15-17-9-5-2-6-10-17/h1-10,18-19H,11-15H2,(H,23,26)(H,24,28)(H,25,27)/t18-,19+/m1/s1. The summed E-state index contributed by atoms with van der Waals surface area (Å²) in [5.41, 5.74) is 2.14. The van der Waals surface area contributed by atoms with Crippen molar-refractivity contribution in [3.8, 4) is 0 Å². The van der Waals surface area contributed by atoms with E-state index in [9.17, 15) is 14.4 Å². The second-order valence-corrected chi connectivity index (χ2v) is 6.94. The van der Waals surface area contributed by atoms with Crippen LogP contribution in [0.1, 0.15) is 24.0 Å². The van der Waals surface area contributed by atoms with E-state index in [1.165, 1.54) is 0 Å². The van der Waals surface area contributed by atoms with E-state index in [4.69, 9.17) is 0 Å². The SMILES string of the molecule is O=C(CC[C@H]1NC(=O)[C@H](Cc2ccccc2)NC1=O)NCCc1ccccc1. The summed E-state index contributed by atoms with van der Waals surface area (Å²) in [5, 5.41) is 8.37. The maximum Gasteiger partial charge on any atom is 0.243 e. The Bertz CT molecular complexity index is 808. The van der Waals surface area contributed by atoms with Crippen LogP contribution in [0.3, 0.4) is 0 Å². The average molecular weight is 379 g/mol. The molecule has 2 aromatic carbocycles. The highest BCUT2D eigenvalue weighted by Crippen LogP contribution is 2.09. The lowest BCUT2D eigenvalue weighted by atomic mass is 10.00. The second-order valence-electron chi connectivity index (χ2n) is 6.94. The highest BCUT2D eigenvalue weighted by molar-refractivity contribution is 5.97. The maximum absolute atomic E-state index is 12.3. The molecule has 146 valence electrons. The van der Waals surface area contributed by atoms with E-state index in [1.54, 1.807) is 0 Å². The first kappa shape index (κ1) is 19.6. The van der Waals surface area contributed by atoms with Crippen molar-refractivity contribution in [3.05, 3.63) is 71.8 Å². The van der Waals surface area contributed by atoms with Gasteiger partial charge >= 0.3 is 0 Å². The Hall–Kier alpha value is -3.15. The molecule has 0 aromatic heterocycles. The molecule has 0 saturated carbocycles. The first-order valence-corrected chi connectivity index (χ1v) is 9.57. The minimum atomic E-state index is -0.667. The molecule has 0 spiro atoms. The van der Waals surface area contributed by atoms with Crippen molar-refractivity contribution in [1.82, 2.24) is 16.0 Å². The predicted octanol–water partition coefficient (Wildman–Crippen LogP) is 1.35. The molecular weight excluding hydrogens is 354 g/mol. The zero-order valence-corrected chi connectivity index (χ0v) is 15.7. The lowest BCUT2D eigenvalue weighted by Gasteiger charge is -2.29. The monoisotopic (exact) mass is 379 g/mol. The Kier molecular flexibility index (Phi) is 6.78. The van der Waals surface area contributed by atoms with Gasteiger partial charge in [0.05, 0.1) is 0 Å². The largest absolute Gasteiger partial charge is 0.356 e. The summed E-state index contributed by atoms with van der Waals surface area (Å²) < 4.78 is 0. The molecule has 1 saturated heterocycles. The number of piperazine rings is 1. The Morgan fingerprint density at radius 2 is 1.39 bits per heavy atom. The molecule has 0 aliphatic carbocycles. The summed E-state index contributed by atoms with van der Waals surface area (Å²) in [6.45, 7) is 0.547. The number of carbonyl (C=O) groups is 3. The van der Waals surface area contributed by atoms with Gasteiger partial charge in [-0.2, -0.15) is 0 Å². The number of amides is 3. The quantitative estimate of drug-likeness (QED) is 0.647. The number of benzene rings is 2. The molecule has 1 aliphatic heterocycles. The highest BCUT2D eigenvalue weighted by atomic mass is 16.2. The molecule has 1 heterocycles. The predicted molar refractivity (Wildman–Crippen MR) is 106 cm³/mol. The number of hydrogen-bond donors (Lipinski definition) is 3. The van der Waals surface area contributed by atoms with E-state index < -0.39 is 12.1 Å². The summed E-state index contributed by atoms with van der Waals surface area (Å²) in [4.78, 5) is 36.6. The van der Waals surface area contributed by atoms with Gasteiger partial charge in [0, 0.05) is 19.4 Å². The van der Waals surface area contributed by atoms with Crippen LogP contribution in [0.5, 0.6) is 0 Å². The van der Waals surface area contributed by atoms with Crippen molar-refractivity contribution >= 4 is 17.7 Å². The fourth-order valence-electron chi connectivity index (χ4n) is 3.23. The third-order valence-electron chi connectivity index (χ3n) is 4.79. The minimum Gasteiger partial charge on any atom is -0.356 e. The normalized spacial score (nSPS) is 18.9. The third kappa shape index (κ3) is 5.67. The van der Waals surface area contributed by atoms with E-state index in [2.05, 4.69) is 16.0 Å². The van der Waals surface area contributed by atoms with Crippen molar-refractivity contribution in [1.29, 1.82) is 0 Å². The van der Waals surface area contributed by atoms with Crippen molar-refractivity contribution in [2.75, 3.05) is 6.54 Å². The van der Waals surface area contributed by atoms with E-state index in [-0.39, 0.29) is 30.6 Å². The Morgan fingerprint density at radius 1 is 0.821 bits per heavy atom. The Morgan fingerprint density at radius 3 is 2.07 bits per heavy atom. The molecule has 2 aromatic rings. The molecule has 6 nitrogen and oxygen atoms in total. The smallest absolute Gasteiger partial charge is 0.243 e. The van der Waals surface area contributed by atoms with Gasteiger partial charge in [0.15, 0.2) is 0 Å². The lowest BCUT2D eigenvalue weighted by Crippen LogP contribution is -2.62. The molecule has 3 amide bonds. The molecule has 6 heteroatoms. The minimum absolute atomic E-state index is 0.121. The zero-order valence-electron chi connectivity index (χ0n) is 15.7. The van der Waals surface area contributed by atoms with Crippen LogP contribution >= 0.6 is 0 Å². The maximum atomic E-state index is 12.3. The molecule has 28 heavy (non-hydrogen) atoms. The van der Waals surface area contributed by atoms with Crippen LogP contribution in [-0.2, 0) is 27.2 Å². The van der Waals surface area contributed by atoms with Crippen LogP contribution in [0.2, 0.25) is 0 Å². The molecule has 2 atom stereocenters. The molecule has 0 radical (unpaired) electrons. The number of nitrogens with one attached hydrogen (secondary N) is 3. The number of hydrogen-bond acceptors (Lipinski definition) is 3. The first-order chi connectivity index (χ1) is 13.6. The van der Waals surface area contributed by atoms with Crippen molar-refractivity contribution in [2.24, 2.45) is 0 Å². The van der Waals surface area contributed by atoms with Crippen molar-refractivity contribution in [2.45, 2.75) is 37.8 Å². The van der Waals surface area contributed by atoms with Gasteiger partial charge < -0.3 is 16.0 Å². The molecule has 1 fully saturated rings. The summed E-state index contributed by atoms with van der Waals surface area (Å²) >= 11 is 0. The van der Waals surface area contributed by atoms with Crippen LogP contribution in [0.15, 0.2) is 60.7 Å². The van der Waals surface area contributed by atoms with E-state index in [0.29, 0.717) is 13.0 Å². The Balaban J connectivity index is 1.39. The summed E-state index contributed by atoms with van der Waals surface area (Å²) in [5.74, 6) is -0.569. The van der Waals surface area contributed by atoms with Gasteiger partial charge in [0.1, 0.15) is 12.1 Å². The van der Waals surface area contributed by atoms with Crippen LogP contribution in [0.4, 0.5) is 0 Å². The number of carbonyl (C=O) groups excluding carboxylic acids is 3. The van der Waals surface area contributed by atoms with Crippen LogP contribution < -0.4 is 16.0 Å². The highest BCUT2D eigenvalue weighted by Gasteiger charge is 2.33. The van der Waals surface area contributed by atoms with Crippen molar-refractivity contribution in [3.63, 3.8) is 0 Å². The van der Waals surface area contributed by atoms with Gasteiger partial charge in [0.2, 0.25) is 17.7 Å². The summed E-state index contributed by atoms with van der Waals surface area (Å²) in [6.07, 6.45) is 1.68. The fourth-order valence-corrected chi connectivity index (χ4v) is 3.23. The van der Waals surface area contributed by atoms with E-state index in [0.717, 1.165) is 17.5 Å².